The molecule has 1 fully saturated rings. The van der Waals surface area contributed by atoms with Crippen LogP contribution in [0.2, 0.25) is 0 Å². The third-order valence-electron chi connectivity index (χ3n) is 2.96. The molecule has 1 aliphatic heterocycles. The minimum absolute atomic E-state index is 0.0455. The quantitative estimate of drug-likeness (QED) is 0.820. The summed E-state index contributed by atoms with van der Waals surface area (Å²) in [6, 6.07) is 1.62. The van der Waals surface area contributed by atoms with Gasteiger partial charge in [-0.2, -0.15) is 4.31 Å². The Morgan fingerprint density at radius 3 is 2.78 bits per heavy atom. The first-order valence-corrected chi connectivity index (χ1v) is 9.35. The fraction of sp³-hybridized carbons (Fsp3) is 0.600. The van der Waals surface area contributed by atoms with Gasteiger partial charge >= 0.3 is 0 Å². The van der Waals surface area contributed by atoms with Crippen molar-refractivity contribution in [2.75, 3.05) is 19.7 Å². The Labute approximate surface area is 127 Å². The van der Waals surface area contributed by atoms with Crippen molar-refractivity contribution >= 4 is 53.2 Å². The first kappa shape index (κ1) is 14.9. The van der Waals surface area contributed by atoms with Gasteiger partial charge in [-0.05, 0) is 56.7 Å². The lowest BCUT2D eigenvalue weighted by atomic mass is 10.0. The average Bonchev–Trinajstić information content (AvgIpc) is 2.70. The van der Waals surface area contributed by atoms with E-state index in [9.17, 15) is 8.42 Å². The van der Waals surface area contributed by atoms with Crippen molar-refractivity contribution in [3.05, 3.63) is 14.3 Å². The zero-order valence-corrected chi connectivity index (χ0v) is 14.3. The minimum Gasteiger partial charge on any atom is -0.396 e. The minimum atomic E-state index is -3.43. The van der Waals surface area contributed by atoms with Crippen molar-refractivity contribution in [1.29, 1.82) is 0 Å². The molecule has 1 aliphatic rings. The highest BCUT2D eigenvalue weighted by Crippen LogP contribution is 2.37. The van der Waals surface area contributed by atoms with Gasteiger partial charge in [0.05, 0.1) is 3.79 Å². The Balaban J connectivity index is 2.25. The molecule has 4 nitrogen and oxygen atoms in total. The molecular formula is C10H13Br2NO3S2. The molecule has 1 aromatic heterocycles. The van der Waals surface area contributed by atoms with Gasteiger partial charge in [0.1, 0.15) is 4.21 Å². The summed E-state index contributed by atoms with van der Waals surface area (Å²) < 4.78 is 28.2. The van der Waals surface area contributed by atoms with E-state index in [0.717, 1.165) is 21.1 Å². The summed E-state index contributed by atoms with van der Waals surface area (Å²) in [5.41, 5.74) is 0. The number of hydrogen-bond acceptors (Lipinski definition) is 4. The van der Waals surface area contributed by atoms with Crippen molar-refractivity contribution in [2.45, 2.75) is 17.1 Å². The van der Waals surface area contributed by atoms with Crippen LogP contribution in [-0.2, 0) is 10.0 Å². The van der Waals surface area contributed by atoms with Gasteiger partial charge in [0.2, 0.25) is 0 Å². The first-order chi connectivity index (χ1) is 8.45. The molecular weight excluding hydrogens is 406 g/mol. The van der Waals surface area contributed by atoms with Gasteiger partial charge in [0, 0.05) is 24.2 Å². The lowest BCUT2D eigenvalue weighted by Gasteiger charge is -2.30. The van der Waals surface area contributed by atoms with Crippen LogP contribution in [0.3, 0.4) is 0 Å². The SMILES string of the molecule is O=S(=O)(c1cc(Br)c(Br)s1)N1CCCC(CO)C1. The third-order valence-corrected chi connectivity index (χ3v) is 8.53. The summed E-state index contributed by atoms with van der Waals surface area (Å²) in [6.07, 6.45) is 1.69. The molecule has 0 amide bonds. The second-order valence-electron chi connectivity index (χ2n) is 4.24. The highest BCUT2D eigenvalue weighted by Gasteiger charge is 2.31. The highest BCUT2D eigenvalue weighted by molar-refractivity contribution is 9.13. The van der Waals surface area contributed by atoms with Crippen molar-refractivity contribution in [3.63, 3.8) is 0 Å². The molecule has 0 aromatic carbocycles. The second kappa shape index (κ2) is 5.88. The normalized spacial score (nSPS) is 22.3. The molecule has 0 radical (unpaired) electrons. The first-order valence-electron chi connectivity index (χ1n) is 5.51. The van der Waals surface area contributed by atoms with Gasteiger partial charge in [-0.1, -0.05) is 0 Å². The molecule has 0 spiro atoms. The maximum absolute atomic E-state index is 12.4. The van der Waals surface area contributed by atoms with Crippen molar-refractivity contribution in [1.82, 2.24) is 4.31 Å². The van der Waals surface area contributed by atoms with E-state index in [-0.39, 0.29) is 12.5 Å². The monoisotopic (exact) mass is 417 g/mol. The summed E-state index contributed by atoms with van der Waals surface area (Å²) in [5.74, 6) is 0.0559. The lowest BCUT2D eigenvalue weighted by Crippen LogP contribution is -2.40. The van der Waals surface area contributed by atoms with Crippen LogP contribution in [0.5, 0.6) is 0 Å². The molecule has 0 saturated carbocycles. The maximum atomic E-state index is 12.4. The number of halogens is 2. The number of rotatable bonds is 3. The molecule has 1 aromatic rings. The zero-order chi connectivity index (χ0) is 13.3. The summed E-state index contributed by atoms with van der Waals surface area (Å²) in [5, 5.41) is 9.16. The smallest absolute Gasteiger partial charge is 0.252 e. The molecule has 18 heavy (non-hydrogen) atoms. The third kappa shape index (κ3) is 2.99. The molecule has 1 atom stereocenters. The van der Waals surface area contributed by atoms with Crippen LogP contribution in [-0.4, -0.2) is 37.5 Å². The van der Waals surface area contributed by atoms with Gasteiger partial charge in [-0.15, -0.1) is 11.3 Å². The second-order valence-corrected chi connectivity index (χ2v) is 9.63. The van der Waals surface area contributed by atoms with E-state index in [1.807, 2.05) is 0 Å². The topological polar surface area (TPSA) is 57.6 Å². The number of nitrogens with zero attached hydrogens (tertiary/aromatic N) is 1. The summed E-state index contributed by atoms with van der Waals surface area (Å²) >= 11 is 7.81. The number of piperidine rings is 1. The van der Waals surface area contributed by atoms with Crippen molar-refractivity contribution in [3.8, 4) is 0 Å². The van der Waals surface area contributed by atoms with E-state index in [4.69, 9.17) is 5.11 Å². The molecule has 2 heterocycles. The Kier molecular flexibility index (Phi) is 4.88. The predicted octanol–water partition coefficient (Wildman–Crippen LogP) is 2.67. The van der Waals surface area contributed by atoms with Crippen LogP contribution in [0, 0.1) is 5.92 Å². The largest absolute Gasteiger partial charge is 0.396 e. The van der Waals surface area contributed by atoms with E-state index in [1.165, 1.54) is 15.6 Å². The van der Waals surface area contributed by atoms with Gasteiger partial charge < -0.3 is 5.11 Å². The zero-order valence-electron chi connectivity index (χ0n) is 9.47. The van der Waals surface area contributed by atoms with E-state index in [2.05, 4.69) is 31.9 Å². The van der Waals surface area contributed by atoms with Crippen LogP contribution < -0.4 is 0 Å². The van der Waals surface area contributed by atoms with Crippen LogP contribution >= 0.6 is 43.2 Å². The van der Waals surface area contributed by atoms with Crippen LogP contribution in [0.25, 0.3) is 0 Å². The molecule has 2 rings (SSSR count). The molecule has 8 heteroatoms. The van der Waals surface area contributed by atoms with Crippen molar-refractivity contribution in [2.24, 2.45) is 5.92 Å². The fourth-order valence-electron chi connectivity index (χ4n) is 1.98. The average molecular weight is 419 g/mol. The fourth-order valence-corrected chi connectivity index (χ4v) is 6.50. The Morgan fingerprint density at radius 1 is 1.50 bits per heavy atom. The number of aliphatic hydroxyl groups is 1. The number of hydrogen-bond donors (Lipinski definition) is 1. The molecule has 0 aliphatic carbocycles. The number of aliphatic hydroxyl groups excluding tert-OH is 1. The van der Waals surface area contributed by atoms with Gasteiger partial charge in [0.25, 0.3) is 10.0 Å². The van der Waals surface area contributed by atoms with Crippen LogP contribution in [0.1, 0.15) is 12.8 Å². The van der Waals surface area contributed by atoms with E-state index in [0.29, 0.717) is 17.3 Å². The predicted molar refractivity (Wildman–Crippen MR) is 78.3 cm³/mol. The number of thiophene rings is 1. The van der Waals surface area contributed by atoms with Crippen LogP contribution in [0.4, 0.5) is 0 Å². The maximum Gasteiger partial charge on any atom is 0.252 e. The molecule has 1 unspecified atom stereocenters. The van der Waals surface area contributed by atoms with Crippen LogP contribution in [0.15, 0.2) is 18.5 Å². The molecule has 1 saturated heterocycles. The Bertz CT molecular complexity index is 510. The number of sulfonamides is 1. The Morgan fingerprint density at radius 2 is 2.22 bits per heavy atom. The Hall–Kier alpha value is 0.530. The van der Waals surface area contributed by atoms with Gasteiger partial charge in [-0.3, -0.25) is 0 Å². The van der Waals surface area contributed by atoms with Gasteiger partial charge in [0.15, 0.2) is 0 Å². The lowest BCUT2D eigenvalue weighted by molar-refractivity contribution is 0.165. The summed E-state index contributed by atoms with van der Waals surface area (Å²) in [6.45, 7) is 0.988. The highest BCUT2D eigenvalue weighted by atomic mass is 79.9. The van der Waals surface area contributed by atoms with Gasteiger partial charge in [-0.25, -0.2) is 8.42 Å². The van der Waals surface area contributed by atoms with E-state index >= 15 is 0 Å². The molecule has 102 valence electrons. The van der Waals surface area contributed by atoms with E-state index < -0.39 is 10.0 Å². The van der Waals surface area contributed by atoms with E-state index in [1.54, 1.807) is 6.07 Å². The summed E-state index contributed by atoms with van der Waals surface area (Å²) in [7, 11) is -3.43. The van der Waals surface area contributed by atoms with Crippen molar-refractivity contribution < 1.29 is 13.5 Å². The molecule has 1 N–H and O–H groups in total. The standard InChI is InChI=1S/C10H13Br2NO3S2/c11-8-4-9(17-10(8)12)18(15,16)13-3-1-2-7(5-13)6-14/h4,7,14H,1-3,5-6H2. The summed E-state index contributed by atoms with van der Waals surface area (Å²) in [4.78, 5) is 0. The molecule has 0 bridgehead atoms.